The molecule has 5 atom stereocenters. The van der Waals surface area contributed by atoms with Gasteiger partial charge in [0.1, 0.15) is 12.4 Å². The number of hydrogen-bond donors (Lipinski definition) is 4. The first-order valence-corrected chi connectivity index (χ1v) is 23.1. The van der Waals surface area contributed by atoms with Crippen molar-refractivity contribution in [1.82, 2.24) is 0 Å². The van der Waals surface area contributed by atoms with Crippen molar-refractivity contribution >= 4 is 25.5 Å². The number of phosphoric acid groups is 1. The van der Waals surface area contributed by atoms with Gasteiger partial charge in [0.15, 0.2) is 6.10 Å². The molecule has 0 spiro atoms. The summed E-state index contributed by atoms with van der Waals surface area (Å²) in [7, 11) is -4.82. The van der Waals surface area contributed by atoms with Crippen LogP contribution in [0.5, 0.6) is 0 Å². The van der Waals surface area contributed by atoms with Crippen LogP contribution in [0.4, 0.5) is 0 Å². The van der Waals surface area contributed by atoms with E-state index in [1.807, 2.05) is 12.2 Å². The summed E-state index contributed by atoms with van der Waals surface area (Å²) in [6.07, 6.45) is 28.4. The Labute approximate surface area is 332 Å². The molecule has 1 aliphatic rings. The van der Waals surface area contributed by atoms with Crippen LogP contribution < -0.4 is 0 Å². The number of aliphatic hydroxyl groups excluding tert-OH is 2. The topological polar surface area (TPSA) is 177 Å². The maximum Gasteiger partial charge on any atom is 0.469 e. The maximum absolute atomic E-state index is 12.5. The van der Waals surface area contributed by atoms with Gasteiger partial charge in [-0.25, -0.2) is 4.57 Å². The van der Waals surface area contributed by atoms with Gasteiger partial charge >= 0.3 is 19.8 Å². The van der Waals surface area contributed by atoms with Crippen molar-refractivity contribution < 1.29 is 52.9 Å². The fourth-order valence-corrected chi connectivity index (χ4v) is 7.31. The summed E-state index contributed by atoms with van der Waals surface area (Å²) in [6, 6.07) is 0. The van der Waals surface area contributed by atoms with E-state index in [1.54, 1.807) is 12.2 Å². The first-order valence-electron chi connectivity index (χ1n) is 21.6. The van der Waals surface area contributed by atoms with Gasteiger partial charge in [-0.15, -0.1) is 0 Å². The summed E-state index contributed by atoms with van der Waals surface area (Å²) in [5, 5.41) is 20.6. The molecule has 0 heterocycles. The van der Waals surface area contributed by atoms with E-state index < -0.39 is 50.6 Å². The molecule has 0 radical (unpaired) electrons. The number of esters is 2. The Hall–Kier alpha value is -1.88. The standard InChI is InChI=1S/C43H77O11P/c1-4-5-20-26-36(44)30-31-39-38(40(45)32-41(39)46)27-22-18-19-23-28-42(47)52-33-37(34-53-55(49,50)51)54-43(48)29-24-17-15-13-11-9-7-6-8-10-12-14-16-21-25-35(2)3/h18,22,30-31,35-40,44-45H,4-17,19-21,23-29,32-34H2,1-3H3,(H2,49,50,51)/b22-18-,31-30+/t36-,37+,38+,39+,40-/m0/s1. The fourth-order valence-electron chi connectivity index (χ4n) is 6.95. The van der Waals surface area contributed by atoms with Crippen molar-refractivity contribution in [2.45, 2.75) is 200 Å². The Kier molecular flexibility index (Phi) is 29.9. The minimum absolute atomic E-state index is 0.0316. The second kappa shape index (κ2) is 32.1. The van der Waals surface area contributed by atoms with Gasteiger partial charge < -0.3 is 29.5 Å². The van der Waals surface area contributed by atoms with Gasteiger partial charge in [-0.1, -0.05) is 154 Å². The molecule has 0 bridgehead atoms. The lowest BCUT2D eigenvalue weighted by molar-refractivity contribution is -0.161. The third kappa shape index (κ3) is 29.1. The third-order valence-electron chi connectivity index (χ3n) is 10.3. The second-order valence-corrected chi connectivity index (χ2v) is 17.2. The van der Waals surface area contributed by atoms with Gasteiger partial charge in [0.05, 0.1) is 18.8 Å². The van der Waals surface area contributed by atoms with Crippen molar-refractivity contribution in [3.05, 3.63) is 24.3 Å². The zero-order valence-corrected chi connectivity index (χ0v) is 35.4. The number of ketones is 1. The van der Waals surface area contributed by atoms with Crippen molar-refractivity contribution in [3.63, 3.8) is 0 Å². The summed E-state index contributed by atoms with van der Waals surface area (Å²) in [5.74, 6) is -0.999. The SMILES string of the molecule is CCCCC[C@H](O)/C=C/[C@H]1C(=O)C[C@H](O)[C@@H]1C/C=C\CCCC(=O)OC[C@H](COP(=O)(O)O)OC(=O)CCCCCCCCCCCCCCCCC(C)C. The number of carbonyl (C=O) groups is 3. The van der Waals surface area contributed by atoms with E-state index in [-0.39, 0.29) is 37.6 Å². The molecule has 0 saturated heterocycles. The molecule has 0 aromatic heterocycles. The highest BCUT2D eigenvalue weighted by Crippen LogP contribution is 2.36. The van der Waals surface area contributed by atoms with Gasteiger partial charge in [0.2, 0.25) is 0 Å². The predicted octanol–water partition coefficient (Wildman–Crippen LogP) is 9.63. The molecule has 320 valence electrons. The van der Waals surface area contributed by atoms with E-state index in [4.69, 9.17) is 19.3 Å². The van der Waals surface area contributed by atoms with E-state index >= 15 is 0 Å². The highest BCUT2D eigenvalue weighted by atomic mass is 31.2. The van der Waals surface area contributed by atoms with E-state index in [1.165, 1.54) is 70.6 Å². The Balaban J connectivity index is 2.26. The van der Waals surface area contributed by atoms with Crippen LogP contribution in [0.1, 0.15) is 181 Å². The molecule has 1 aliphatic carbocycles. The van der Waals surface area contributed by atoms with E-state index in [2.05, 4.69) is 25.3 Å². The molecule has 0 amide bonds. The molecule has 12 heteroatoms. The number of rotatable bonds is 35. The average molecular weight is 801 g/mol. The third-order valence-corrected chi connectivity index (χ3v) is 10.8. The highest BCUT2D eigenvalue weighted by molar-refractivity contribution is 7.46. The van der Waals surface area contributed by atoms with Crippen molar-refractivity contribution in [3.8, 4) is 0 Å². The van der Waals surface area contributed by atoms with Crippen LogP contribution in [0.15, 0.2) is 24.3 Å². The van der Waals surface area contributed by atoms with Gasteiger partial charge in [-0.3, -0.25) is 18.9 Å². The zero-order chi connectivity index (χ0) is 40.7. The van der Waals surface area contributed by atoms with Crippen molar-refractivity contribution in [1.29, 1.82) is 0 Å². The lowest BCUT2D eigenvalue weighted by Gasteiger charge is -2.18. The lowest BCUT2D eigenvalue weighted by Crippen LogP contribution is -2.29. The van der Waals surface area contributed by atoms with Gasteiger partial charge in [-0.05, 0) is 38.0 Å². The lowest BCUT2D eigenvalue weighted by atomic mass is 9.90. The van der Waals surface area contributed by atoms with Crippen molar-refractivity contribution in [2.24, 2.45) is 17.8 Å². The van der Waals surface area contributed by atoms with E-state index in [0.717, 1.165) is 44.4 Å². The Morgan fingerprint density at radius 2 is 1.35 bits per heavy atom. The molecule has 0 unspecified atom stereocenters. The van der Waals surface area contributed by atoms with Crippen LogP contribution in [0.25, 0.3) is 0 Å². The number of allylic oxidation sites excluding steroid dienone is 3. The molecule has 4 N–H and O–H groups in total. The second-order valence-electron chi connectivity index (χ2n) is 15.9. The predicted molar refractivity (Wildman–Crippen MR) is 217 cm³/mol. The zero-order valence-electron chi connectivity index (χ0n) is 34.5. The molecule has 0 aromatic rings. The van der Waals surface area contributed by atoms with Crippen LogP contribution in [-0.4, -0.2) is 69.2 Å². The number of hydrogen-bond acceptors (Lipinski definition) is 9. The highest BCUT2D eigenvalue weighted by Gasteiger charge is 2.39. The molecular formula is C43H77O11P. The maximum atomic E-state index is 12.5. The molecule has 0 aromatic carbocycles. The van der Waals surface area contributed by atoms with Crippen LogP contribution in [0, 0.1) is 17.8 Å². The minimum Gasteiger partial charge on any atom is -0.462 e. The Bertz CT molecular complexity index is 1120. The van der Waals surface area contributed by atoms with Gasteiger partial charge in [0.25, 0.3) is 0 Å². The number of carbonyl (C=O) groups excluding carboxylic acids is 3. The molecule has 1 rings (SSSR count). The minimum atomic E-state index is -4.82. The first kappa shape index (κ1) is 51.1. The molecule has 55 heavy (non-hydrogen) atoms. The summed E-state index contributed by atoms with van der Waals surface area (Å²) in [4.78, 5) is 55.5. The first-order chi connectivity index (χ1) is 26.3. The number of phosphoric ester groups is 1. The van der Waals surface area contributed by atoms with Crippen molar-refractivity contribution in [2.75, 3.05) is 13.2 Å². The monoisotopic (exact) mass is 801 g/mol. The molecule has 0 aliphatic heterocycles. The van der Waals surface area contributed by atoms with Crippen LogP contribution in [-0.2, 0) is 32.9 Å². The van der Waals surface area contributed by atoms with E-state index in [9.17, 15) is 29.2 Å². The number of ether oxygens (including phenoxy) is 2. The Morgan fingerprint density at radius 3 is 1.93 bits per heavy atom. The normalized spacial score (nSPS) is 18.8. The number of Topliss-reactive ketones (excluding diaryl/α,β-unsaturated/α-hetero) is 1. The van der Waals surface area contributed by atoms with Gasteiger partial charge in [0, 0.05) is 31.1 Å². The van der Waals surface area contributed by atoms with Crippen LogP contribution in [0.3, 0.4) is 0 Å². The fraction of sp³-hybridized carbons (Fsp3) is 0.837. The molecular weight excluding hydrogens is 723 g/mol. The summed E-state index contributed by atoms with van der Waals surface area (Å²) in [5.41, 5.74) is 0. The van der Waals surface area contributed by atoms with Gasteiger partial charge in [-0.2, -0.15) is 0 Å². The number of aliphatic hydroxyl groups is 2. The summed E-state index contributed by atoms with van der Waals surface area (Å²) >= 11 is 0. The number of unbranched alkanes of at least 4 members (excludes halogenated alkanes) is 16. The molecule has 11 nitrogen and oxygen atoms in total. The van der Waals surface area contributed by atoms with E-state index in [0.29, 0.717) is 32.1 Å². The van der Waals surface area contributed by atoms with Crippen LogP contribution in [0.2, 0.25) is 0 Å². The largest absolute Gasteiger partial charge is 0.469 e. The molecule has 1 saturated carbocycles. The van der Waals surface area contributed by atoms with Crippen LogP contribution >= 0.6 is 7.82 Å². The molecule has 1 fully saturated rings. The summed E-state index contributed by atoms with van der Waals surface area (Å²) in [6.45, 7) is 5.69. The Morgan fingerprint density at radius 1 is 0.782 bits per heavy atom. The average Bonchev–Trinajstić information content (AvgIpc) is 3.39. The quantitative estimate of drug-likeness (QED) is 0.0208. The smallest absolute Gasteiger partial charge is 0.462 e. The summed E-state index contributed by atoms with van der Waals surface area (Å²) < 4.78 is 26.4.